The van der Waals surface area contributed by atoms with Crippen LogP contribution in [0.1, 0.15) is 29.0 Å². The third-order valence-electron chi connectivity index (χ3n) is 3.89. The summed E-state index contributed by atoms with van der Waals surface area (Å²) in [4.78, 5) is 23.4. The Labute approximate surface area is 174 Å². The van der Waals surface area contributed by atoms with Crippen molar-refractivity contribution in [3.05, 3.63) is 63.0 Å². The van der Waals surface area contributed by atoms with Gasteiger partial charge in [-0.25, -0.2) is 4.79 Å². The van der Waals surface area contributed by atoms with Gasteiger partial charge >= 0.3 is 5.97 Å². The number of carbonyl (C=O) groups is 2. The molecule has 11 heteroatoms. The molecule has 8 nitrogen and oxygen atoms in total. The second kappa shape index (κ2) is 8.22. The number of halogens is 3. The van der Waals surface area contributed by atoms with Gasteiger partial charge in [0.2, 0.25) is 0 Å². The van der Waals surface area contributed by atoms with E-state index >= 15 is 0 Å². The van der Waals surface area contributed by atoms with Crippen LogP contribution in [-0.4, -0.2) is 36.5 Å². The highest BCUT2D eigenvalue weighted by molar-refractivity contribution is 6.35. The second-order valence-corrected chi connectivity index (χ2v) is 7.16. The van der Waals surface area contributed by atoms with Gasteiger partial charge in [0.1, 0.15) is 11.1 Å². The van der Waals surface area contributed by atoms with Gasteiger partial charge in [-0.15, -0.1) is 0 Å². The third kappa shape index (κ3) is 4.46. The van der Waals surface area contributed by atoms with E-state index < -0.39 is 17.9 Å². The summed E-state index contributed by atoms with van der Waals surface area (Å²) in [5, 5.41) is 21.0. The number of aliphatic carboxylic acids is 1. The molecule has 0 saturated carbocycles. The first-order chi connectivity index (χ1) is 13.2. The number of carboxylic acids is 1. The molecule has 3 rings (SSSR count). The van der Waals surface area contributed by atoms with Crippen molar-refractivity contribution >= 4 is 52.5 Å². The molecule has 0 aliphatic rings. The second-order valence-electron chi connectivity index (χ2n) is 5.91. The standard InChI is InChI=1S/C17H14Cl3N5O3/c1-9(17(27)28)25-5-4-14(22-25)16(26)21-15-13(20)8-24(23-15)7-10-2-3-11(18)6-12(10)19/h2-6,8-9H,7H2,1H3,(H,27,28)(H,21,23,26). The molecule has 0 aliphatic carbocycles. The number of carbonyl (C=O) groups excluding carboxylic acids is 1. The minimum Gasteiger partial charge on any atom is -0.480 e. The number of hydrogen-bond donors (Lipinski definition) is 2. The molecule has 0 radical (unpaired) electrons. The Bertz CT molecular complexity index is 1050. The molecule has 1 aromatic carbocycles. The lowest BCUT2D eigenvalue weighted by molar-refractivity contribution is -0.140. The first-order valence-electron chi connectivity index (χ1n) is 8.01. The number of nitrogens with zero attached hydrogens (tertiary/aromatic N) is 4. The number of amides is 1. The van der Waals surface area contributed by atoms with Crippen LogP contribution in [-0.2, 0) is 11.3 Å². The molecular weight excluding hydrogens is 429 g/mol. The maximum Gasteiger partial charge on any atom is 0.328 e. The van der Waals surface area contributed by atoms with E-state index in [1.807, 2.05) is 0 Å². The zero-order valence-electron chi connectivity index (χ0n) is 14.4. The largest absolute Gasteiger partial charge is 0.480 e. The van der Waals surface area contributed by atoms with Crippen molar-refractivity contribution in [1.29, 1.82) is 0 Å². The number of carboxylic acid groups (broad SMARTS) is 1. The van der Waals surface area contributed by atoms with Gasteiger partial charge in [-0.3, -0.25) is 14.2 Å². The molecule has 3 aromatic rings. The molecule has 0 saturated heterocycles. The Balaban J connectivity index is 1.73. The van der Waals surface area contributed by atoms with Crippen LogP contribution in [0.15, 0.2) is 36.7 Å². The minimum absolute atomic E-state index is 0.0412. The summed E-state index contributed by atoms with van der Waals surface area (Å²) >= 11 is 18.2. The summed E-state index contributed by atoms with van der Waals surface area (Å²) < 4.78 is 2.71. The molecule has 0 fully saturated rings. The van der Waals surface area contributed by atoms with E-state index in [0.29, 0.717) is 16.6 Å². The van der Waals surface area contributed by atoms with Crippen molar-refractivity contribution in [2.24, 2.45) is 0 Å². The molecule has 1 unspecified atom stereocenters. The minimum atomic E-state index is -1.06. The lowest BCUT2D eigenvalue weighted by atomic mass is 10.2. The van der Waals surface area contributed by atoms with Crippen molar-refractivity contribution in [3.63, 3.8) is 0 Å². The molecule has 2 N–H and O–H groups in total. The van der Waals surface area contributed by atoms with Crippen LogP contribution in [0.3, 0.4) is 0 Å². The fourth-order valence-electron chi connectivity index (χ4n) is 2.35. The van der Waals surface area contributed by atoms with Gasteiger partial charge in [-0.1, -0.05) is 40.9 Å². The summed E-state index contributed by atoms with van der Waals surface area (Å²) in [5.41, 5.74) is 0.823. The molecule has 146 valence electrons. The highest BCUT2D eigenvalue weighted by atomic mass is 35.5. The molecular formula is C17H14Cl3N5O3. The van der Waals surface area contributed by atoms with Crippen LogP contribution in [0.2, 0.25) is 15.1 Å². The fraction of sp³-hybridized carbons (Fsp3) is 0.176. The quantitative estimate of drug-likeness (QED) is 0.601. The topological polar surface area (TPSA) is 102 Å². The van der Waals surface area contributed by atoms with Crippen LogP contribution in [0.5, 0.6) is 0 Å². The van der Waals surface area contributed by atoms with E-state index in [9.17, 15) is 9.59 Å². The normalized spacial score (nSPS) is 12.0. The Hall–Kier alpha value is -2.55. The fourth-order valence-corrected chi connectivity index (χ4v) is 3.01. The van der Waals surface area contributed by atoms with Gasteiger partial charge in [0.15, 0.2) is 11.5 Å². The zero-order chi connectivity index (χ0) is 20.4. The first-order valence-corrected chi connectivity index (χ1v) is 9.14. The zero-order valence-corrected chi connectivity index (χ0v) is 16.7. The summed E-state index contributed by atoms with van der Waals surface area (Å²) in [6.07, 6.45) is 2.96. The predicted molar refractivity (Wildman–Crippen MR) is 105 cm³/mol. The highest BCUT2D eigenvalue weighted by Crippen LogP contribution is 2.24. The SMILES string of the molecule is CC(C(=O)O)n1ccc(C(=O)Nc2nn(Cc3ccc(Cl)cc3Cl)cc2Cl)n1. The lowest BCUT2D eigenvalue weighted by Crippen LogP contribution is -2.18. The Morgan fingerprint density at radius 3 is 2.61 bits per heavy atom. The molecule has 2 heterocycles. The van der Waals surface area contributed by atoms with Crippen molar-refractivity contribution in [3.8, 4) is 0 Å². The Morgan fingerprint density at radius 2 is 1.93 bits per heavy atom. The molecule has 1 atom stereocenters. The Kier molecular flexibility index (Phi) is 5.93. The average Bonchev–Trinajstić information content (AvgIpc) is 3.24. The highest BCUT2D eigenvalue weighted by Gasteiger charge is 2.19. The van der Waals surface area contributed by atoms with Crippen LogP contribution >= 0.6 is 34.8 Å². The molecule has 2 aromatic heterocycles. The van der Waals surface area contributed by atoms with Crippen molar-refractivity contribution in [2.75, 3.05) is 5.32 Å². The van der Waals surface area contributed by atoms with Gasteiger partial charge in [0, 0.05) is 22.4 Å². The summed E-state index contributed by atoms with van der Waals surface area (Å²) in [6.45, 7) is 1.79. The molecule has 0 aliphatic heterocycles. The van der Waals surface area contributed by atoms with Crippen LogP contribution in [0.4, 0.5) is 5.82 Å². The number of rotatable bonds is 6. The smallest absolute Gasteiger partial charge is 0.328 e. The number of anilines is 1. The number of aromatic nitrogens is 4. The predicted octanol–water partition coefficient (Wildman–Crippen LogP) is 3.99. The first kappa shape index (κ1) is 20.2. The maximum atomic E-state index is 12.4. The lowest BCUT2D eigenvalue weighted by Gasteiger charge is -2.06. The van der Waals surface area contributed by atoms with Crippen molar-refractivity contribution in [2.45, 2.75) is 19.5 Å². The average molecular weight is 443 g/mol. The van der Waals surface area contributed by atoms with E-state index in [-0.39, 0.29) is 16.5 Å². The van der Waals surface area contributed by atoms with E-state index in [1.54, 1.807) is 24.4 Å². The van der Waals surface area contributed by atoms with Gasteiger partial charge in [0.25, 0.3) is 5.91 Å². The molecule has 0 spiro atoms. The van der Waals surface area contributed by atoms with E-state index in [4.69, 9.17) is 39.9 Å². The van der Waals surface area contributed by atoms with E-state index in [2.05, 4.69) is 15.5 Å². The van der Waals surface area contributed by atoms with Gasteiger partial charge < -0.3 is 10.4 Å². The monoisotopic (exact) mass is 441 g/mol. The maximum absolute atomic E-state index is 12.4. The van der Waals surface area contributed by atoms with Gasteiger partial charge in [-0.05, 0) is 30.7 Å². The molecule has 1 amide bonds. The van der Waals surface area contributed by atoms with Crippen LogP contribution in [0.25, 0.3) is 0 Å². The van der Waals surface area contributed by atoms with E-state index in [1.165, 1.54) is 28.6 Å². The molecule has 28 heavy (non-hydrogen) atoms. The summed E-state index contributed by atoms with van der Waals surface area (Å²) in [6, 6.07) is 5.63. The number of hydrogen-bond acceptors (Lipinski definition) is 4. The van der Waals surface area contributed by atoms with Gasteiger partial charge in [-0.2, -0.15) is 10.2 Å². The summed E-state index contributed by atoms with van der Waals surface area (Å²) in [5.74, 6) is -1.47. The van der Waals surface area contributed by atoms with E-state index in [0.717, 1.165) is 5.56 Å². The third-order valence-corrected chi connectivity index (χ3v) is 4.76. The van der Waals surface area contributed by atoms with Crippen LogP contribution in [0, 0.1) is 0 Å². The van der Waals surface area contributed by atoms with Gasteiger partial charge in [0.05, 0.1) is 6.54 Å². The number of nitrogens with one attached hydrogen (secondary N) is 1. The van der Waals surface area contributed by atoms with Crippen molar-refractivity contribution < 1.29 is 14.7 Å². The summed E-state index contributed by atoms with van der Waals surface area (Å²) in [7, 11) is 0. The van der Waals surface area contributed by atoms with Crippen molar-refractivity contribution in [1.82, 2.24) is 19.6 Å². The molecule has 0 bridgehead atoms. The number of benzene rings is 1. The van der Waals surface area contributed by atoms with Crippen LogP contribution < -0.4 is 5.32 Å². The Morgan fingerprint density at radius 1 is 1.18 bits per heavy atom.